The van der Waals surface area contributed by atoms with Crippen LogP contribution in [0.4, 0.5) is 5.69 Å². The summed E-state index contributed by atoms with van der Waals surface area (Å²) in [5, 5.41) is 2.99. The van der Waals surface area contributed by atoms with E-state index in [9.17, 15) is 13.2 Å². The Bertz CT molecular complexity index is 949. The van der Waals surface area contributed by atoms with Gasteiger partial charge in [-0.3, -0.25) is 9.52 Å². The summed E-state index contributed by atoms with van der Waals surface area (Å²) in [5.74, 6) is 0.305. The van der Waals surface area contributed by atoms with Crippen LogP contribution in [0.15, 0.2) is 47.4 Å². The summed E-state index contributed by atoms with van der Waals surface area (Å²) in [4.78, 5) is 12.2. The van der Waals surface area contributed by atoms with E-state index in [1.807, 2.05) is 26.0 Å². The number of anilines is 1. The molecule has 0 saturated heterocycles. The smallest absolute Gasteiger partial charge is 0.261 e. The van der Waals surface area contributed by atoms with E-state index in [2.05, 4.69) is 10.0 Å². The molecule has 6 nitrogen and oxygen atoms in total. The predicted octanol–water partition coefficient (Wildman–Crippen LogP) is 3.93. The summed E-state index contributed by atoms with van der Waals surface area (Å²) in [6.07, 6.45) is 5.57. The Labute approximate surface area is 172 Å². The number of aryl methyl sites for hydroxylation is 2. The van der Waals surface area contributed by atoms with Gasteiger partial charge in [0.05, 0.1) is 10.6 Å². The SMILES string of the molecule is Cc1ccc(C)c(NS(=O)(=O)c2ccc(OCC(=O)NC3CCCCC3)cc2)c1. The van der Waals surface area contributed by atoms with E-state index in [1.54, 1.807) is 18.2 Å². The van der Waals surface area contributed by atoms with Crippen molar-refractivity contribution in [2.75, 3.05) is 11.3 Å². The molecule has 0 bridgehead atoms. The third-order valence-electron chi connectivity index (χ3n) is 5.11. The third-order valence-corrected chi connectivity index (χ3v) is 6.49. The molecule has 0 heterocycles. The second-order valence-corrected chi connectivity index (χ2v) is 9.27. The molecular formula is C22H28N2O4S. The number of hydrogen-bond acceptors (Lipinski definition) is 4. The molecule has 1 amide bonds. The van der Waals surface area contributed by atoms with Crippen molar-refractivity contribution in [1.82, 2.24) is 5.32 Å². The molecule has 0 atom stereocenters. The number of benzene rings is 2. The van der Waals surface area contributed by atoms with Gasteiger partial charge in [-0.25, -0.2) is 8.42 Å². The summed E-state index contributed by atoms with van der Waals surface area (Å²) in [6.45, 7) is 3.68. The highest BCUT2D eigenvalue weighted by atomic mass is 32.2. The molecule has 2 aromatic rings. The average Bonchev–Trinajstić information content (AvgIpc) is 2.70. The van der Waals surface area contributed by atoms with Gasteiger partial charge in [0.1, 0.15) is 5.75 Å². The second-order valence-electron chi connectivity index (χ2n) is 7.59. The maximum absolute atomic E-state index is 12.6. The third kappa shape index (κ3) is 5.97. The molecular weight excluding hydrogens is 388 g/mol. The quantitative estimate of drug-likeness (QED) is 0.716. The number of carbonyl (C=O) groups is 1. The maximum atomic E-state index is 12.6. The molecule has 1 fully saturated rings. The van der Waals surface area contributed by atoms with Crippen LogP contribution in [0, 0.1) is 13.8 Å². The summed E-state index contributed by atoms with van der Waals surface area (Å²) in [5.41, 5.74) is 2.39. The fourth-order valence-electron chi connectivity index (χ4n) is 3.43. The van der Waals surface area contributed by atoms with Gasteiger partial charge >= 0.3 is 0 Å². The lowest BCUT2D eigenvalue weighted by molar-refractivity contribution is -0.124. The van der Waals surface area contributed by atoms with E-state index in [4.69, 9.17) is 4.74 Å². The number of rotatable bonds is 7. The van der Waals surface area contributed by atoms with Crippen LogP contribution in [0.2, 0.25) is 0 Å². The van der Waals surface area contributed by atoms with Crippen LogP contribution < -0.4 is 14.8 Å². The van der Waals surface area contributed by atoms with Crippen molar-refractivity contribution in [3.8, 4) is 5.75 Å². The lowest BCUT2D eigenvalue weighted by atomic mass is 9.95. The van der Waals surface area contributed by atoms with Crippen LogP contribution in [0.25, 0.3) is 0 Å². The van der Waals surface area contributed by atoms with E-state index < -0.39 is 10.0 Å². The van der Waals surface area contributed by atoms with E-state index in [0.29, 0.717) is 11.4 Å². The highest BCUT2D eigenvalue weighted by Crippen LogP contribution is 2.23. The molecule has 0 unspecified atom stereocenters. The molecule has 2 aromatic carbocycles. The van der Waals surface area contributed by atoms with Crippen molar-refractivity contribution < 1.29 is 17.9 Å². The van der Waals surface area contributed by atoms with Crippen molar-refractivity contribution in [3.05, 3.63) is 53.6 Å². The van der Waals surface area contributed by atoms with Crippen molar-refractivity contribution in [2.24, 2.45) is 0 Å². The molecule has 156 valence electrons. The number of amides is 1. The summed E-state index contributed by atoms with van der Waals surface area (Å²) >= 11 is 0. The van der Waals surface area contributed by atoms with Gasteiger partial charge in [-0.2, -0.15) is 0 Å². The van der Waals surface area contributed by atoms with Gasteiger partial charge in [0.2, 0.25) is 0 Å². The fourth-order valence-corrected chi connectivity index (χ4v) is 4.55. The van der Waals surface area contributed by atoms with Gasteiger partial charge in [-0.15, -0.1) is 0 Å². The molecule has 29 heavy (non-hydrogen) atoms. The fraction of sp³-hybridized carbons (Fsp3) is 0.409. The van der Waals surface area contributed by atoms with Gasteiger partial charge in [-0.1, -0.05) is 31.4 Å². The van der Waals surface area contributed by atoms with E-state index in [-0.39, 0.29) is 23.5 Å². The van der Waals surface area contributed by atoms with Crippen LogP contribution in [0.5, 0.6) is 5.75 Å². The minimum absolute atomic E-state index is 0.0800. The number of hydrogen-bond donors (Lipinski definition) is 2. The Morgan fingerprint density at radius 2 is 1.72 bits per heavy atom. The molecule has 2 N–H and O–H groups in total. The molecule has 0 radical (unpaired) electrons. The Kier molecular flexibility index (Phi) is 6.79. The van der Waals surface area contributed by atoms with Crippen LogP contribution in [-0.4, -0.2) is 27.0 Å². The predicted molar refractivity (Wildman–Crippen MR) is 114 cm³/mol. The van der Waals surface area contributed by atoms with Gasteiger partial charge in [0.15, 0.2) is 6.61 Å². The molecule has 1 aliphatic rings. The standard InChI is InChI=1S/C22H28N2O4S/c1-16-8-9-17(2)21(14-16)24-29(26,27)20-12-10-19(11-13-20)28-15-22(25)23-18-6-4-3-5-7-18/h8-14,18,24H,3-7,15H2,1-2H3,(H,23,25). The highest BCUT2D eigenvalue weighted by Gasteiger charge is 2.17. The van der Waals surface area contributed by atoms with E-state index >= 15 is 0 Å². The summed E-state index contributed by atoms with van der Waals surface area (Å²) < 4.78 is 33.4. The van der Waals surface area contributed by atoms with Crippen LogP contribution >= 0.6 is 0 Å². The number of ether oxygens (including phenoxy) is 1. The topological polar surface area (TPSA) is 84.5 Å². The van der Waals surface area contributed by atoms with Crippen molar-refractivity contribution >= 4 is 21.6 Å². The first-order valence-corrected chi connectivity index (χ1v) is 11.4. The zero-order valence-corrected chi connectivity index (χ0v) is 17.7. The number of sulfonamides is 1. The first kappa shape index (κ1) is 21.2. The monoisotopic (exact) mass is 416 g/mol. The van der Waals surface area contributed by atoms with Gasteiger partial charge in [0, 0.05) is 6.04 Å². The molecule has 0 aromatic heterocycles. The molecule has 7 heteroatoms. The normalized spacial score (nSPS) is 15.0. The van der Waals surface area contributed by atoms with E-state index in [0.717, 1.165) is 36.8 Å². The Hall–Kier alpha value is -2.54. The molecule has 1 aliphatic carbocycles. The lowest BCUT2D eigenvalue weighted by Gasteiger charge is -2.22. The summed E-state index contributed by atoms with van der Waals surface area (Å²) in [7, 11) is -3.70. The Morgan fingerprint density at radius 1 is 1.03 bits per heavy atom. The van der Waals surface area contributed by atoms with Crippen molar-refractivity contribution in [2.45, 2.75) is 56.9 Å². The average molecular weight is 417 g/mol. The van der Waals surface area contributed by atoms with Crippen LogP contribution in [-0.2, 0) is 14.8 Å². The molecule has 0 aliphatic heterocycles. The minimum Gasteiger partial charge on any atom is -0.484 e. The lowest BCUT2D eigenvalue weighted by Crippen LogP contribution is -2.38. The Balaban J connectivity index is 1.57. The first-order valence-electron chi connectivity index (χ1n) is 9.96. The molecule has 0 spiro atoms. The highest BCUT2D eigenvalue weighted by molar-refractivity contribution is 7.92. The second kappa shape index (κ2) is 9.31. The number of nitrogens with one attached hydrogen (secondary N) is 2. The molecule has 3 rings (SSSR count). The van der Waals surface area contributed by atoms with Gasteiger partial charge < -0.3 is 10.1 Å². The van der Waals surface area contributed by atoms with Crippen LogP contribution in [0.1, 0.15) is 43.2 Å². The maximum Gasteiger partial charge on any atom is 0.261 e. The Morgan fingerprint density at radius 3 is 2.41 bits per heavy atom. The zero-order valence-electron chi connectivity index (χ0n) is 16.9. The number of carbonyl (C=O) groups excluding carboxylic acids is 1. The van der Waals surface area contributed by atoms with Gasteiger partial charge in [0.25, 0.3) is 15.9 Å². The first-order chi connectivity index (χ1) is 13.8. The van der Waals surface area contributed by atoms with E-state index in [1.165, 1.54) is 18.6 Å². The zero-order chi connectivity index (χ0) is 20.9. The summed E-state index contributed by atoms with van der Waals surface area (Å²) in [6, 6.07) is 11.9. The molecule has 1 saturated carbocycles. The largest absolute Gasteiger partial charge is 0.484 e. The van der Waals surface area contributed by atoms with Crippen molar-refractivity contribution in [1.29, 1.82) is 0 Å². The minimum atomic E-state index is -3.70. The van der Waals surface area contributed by atoms with Crippen LogP contribution in [0.3, 0.4) is 0 Å². The van der Waals surface area contributed by atoms with Gasteiger partial charge in [-0.05, 0) is 68.1 Å². The van der Waals surface area contributed by atoms with Crippen molar-refractivity contribution in [3.63, 3.8) is 0 Å².